The van der Waals surface area contributed by atoms with Crippen molar-refractivity contribution in [2.75, 3.05) is 4.90 Å². The Bertz CT molecular complexity index is 1270. The Morgan fingerprint density at radius 1 is 1.09 bits per heavy atom. The molecule has 1 aromatic heterocycles. The summed E-state index contributed by atoms with van der Waals surface area (Å²) in [6.07, 6.45) is 3.20. The van der Waals surface area contributed by atoms with E-state index in [4.69, 9.17) is 4.74 Å². The lowest BCUT2D eigenvalue weighted by Gasteiger charge is -2.24. The molecule has 6 nitrogen and oxygen atoms in total. The van der Waals surface area contributed by atoms with E-state index in [1.165, 1.54) is 11.3 Å². The summed E-state index contributed by atoms with van der Waals surface area (Å²) >= 11 is 1.35. The summed E-state index contributed by atoms with van der Waals surface area (Å²) in [5, 5.41) is 2.37. The van der Waals surface area contributed by atoms with Gasteiger partial charge in [-0.25, -0.2) is 14.8 Å². The van der Waals surface area contributed by atoms with E-state index >= 15 is 0 Å². The van der Waals surface area contributed by atoms with Gasteiger partial charge in [-0.05, 0) is 48.6 Å². The molecule has 0 saturated heterocycles. The summed E-state index contributed by atoms with van der Waals surface area (Å²) in [4.78, 5) is 35.8. The summed E-state index contributed by atoms with van der Waals surface area (Å²) in [5.41, 5.74) is 5.55. The molecule has 0 saturated carbocycles. The van der Waals surface area contributed by atoms with Gasteiger partial charge >= 0.3 is 5.97 Å². The van der Waals surface area contributed by atoms with E-state index in [9.17, 15) is 9.59 Å². The van der Waals surface area contributed by atoms with Gasteiger partial charge < -0.3 is 4.74 Å². The van der Waals surface area contributed by atoms with E-state index < -0.39 is 5.97 Å². The number of ether oxygens (including phenoxy) is 1. The molecule has 0 N–H and O–H groups in total. The molecule has 1 aliphatic heterocycles. The van der Waals surface area contributed by atoms with Crippen LogP contribution >= 0.6 is 11.3 Å². The molecule has 168 valence electrons. The van der Waals surface area contributed by atoms with Crippen LogP contribution < -0.4 is 4.90 Å². The third-order valence-electron chi connectivity index (χ3n) is 5.49. The minimum absolute atomic E-state index is 0.112. The Labute approximate surface area is 197 Å². The van der Waals surface area contributed by atoms with Gasteiger partial charge in [0.2, 0.25) is 11.8 Å². The second kappa shape index (κ2) is 9.50. The van der Waals surface area contributed by atoms with Crippen molar-refractivity contribution in [3.05, 3.63) is 81.5 Å². The predicted molar refractivity (Wildman–Crippen MR) is 132 cm³/mol. The number of thiazole rings is 1. The molecule has 0 bridgehead atoms. The van der Waals surface area contributed by atoms with Crippen LogP contribution in [0.15, 0.2) is 58.5 Å². The second-order valence-electron chi connectivity index (χ2n) is 7.69. The number of esters is 1. The smallest absolute Gasteiger partial charge is 0.363 e. The van der Waals surface area contributed by atoms with Gasteiger partial charge in [0.25, 0.3) is 0 Å². The molecule has 0 unspecified atom stereocenters. The quantitative estimate of drug-likeness (QED) is 0.355. The summed E-state index contributed by atoms with van der Waals surface area (Å²) in [5.74, 6) is -0.343. The zero-order valence-corrected chi connectivity index (χ0v) is 19.9. The highest BCUT2D eigenvalue weighted by Crippen LogP contribution is 2.35. The highest BCUT2D eigenvalue weighted by atomic mass is 32.1. The van der Waals surface area contributed by atoms with Gasteiger partial charge in [-0.1, -0.05) is 50.2 Å². The third-order valence-corrected chi connectivity index (χ3v) is 6.33. The number of aryl methyl sites for hydroxylation is 3. The molecule has 1 amide bonds. The summed E-state index contributed by atoms with van der Waals surface area (Å²) < 4.78 is 5.39. The van der Waals surface area contributed by atoms with Gasteiger partial charge in [-0.3, -0.25) is 9.69 Å². The third kappa shape index (κ3) is 4.50. The van der Waals surface area contributed by atoms with Crippen LogP contribution in [-0.2, 0) is 27.2 Å². The minimum Gasteiger partial charge on any atom is -0.402 e. The second-order valence-corrected chi connectivity index (χ2v) is 8.53. The van der Waals surface area contributed by atoms with E-state index in [1.54, 1.807) is 17.9 Å². The van der Waals surface area contributed by atoms with Gasteiger partial charge in [-0.2, -0.15) is 0 Å². The Morgan fingerprint density at radius 2 is 1.79 bits per heavy atom. The Kier molecular flexibility index (Phi) is 6.51. The first-order valence-corrected chi connectivity index (χ1v) is 11.8. The number of benzene rings is 2. The van der Waals surface area contributed by atoms with Crippen molar-refractivity contribution in [3.63, 3.8) is 0 Å². The molecular formula is C26H25N3O3S. The van der Waals surface area contributed by atoms with Crippen LogP contribution in [-0.4, -0.2) is 22.8 Å². The molecule has 7 heteroatoms. The van der Waals surface area contributed by atoms with Crippen molar-refractivity contribution in [2.24, 2.45) is 4.99 Å². The average molecular weight is 460 g/mol. The number of hydrogen-bond donors (Lipinski definition) is 0. The van der Waals surface area contributed by atoms with E-state index in [2.05, 4.69) is 23.8 Å². The highest BCUT2D eigenvalue weighted by molar-refractivity contribution is 7.14. The average Bonchev–Trinajstić information content (AvgIpc) is 3.41. The van der Waals surface area contributed by atoms with E-state index in [0.29, 0.717) is 10.8 Å². The lowest BCUT2D eigenvalue weighted by molar-refractivity contribution is -0.130. The number of amides is 1. The first-order valence-electron chi connectivity index (χ1n) is 10.9. The van der Waals surface area contributed by atoms with Gasteiger partial charge in [0, 0.05) is 17.9 Å². The van der Waals surface area contributed by atoms with Gasteiger partial charge in [0.1, 0.15) is 0 Å². The van der Waals surface area contributed by atoms with Gasteiger partial charge in [0.15, 0.2) is 10.8 Å². The SMILES string of the molecule is CCc1cccc(CC)c1N(C(C)=O)c1nc(/C=C2\N=C(c3ccccc3C)OC2=O)cs1. The molecule has 0 radical (unpaired) electrons. The molecule has 0 aliphatic carbocycles. The van der Waals surface area contributed by atoms with E-state index in [-0.39, 0.29) is 17.5 Å². The van der Waals surface area contributed by atoms with Crippen molar-refractivity contribution >= 4 is 46.0 Å². The van der Waals surface area contributed by atoms with Gasteiger partial charge in [0.05, 0.1) is 11.4 Å². The molecule has 3 aromatic rings. The monoisotopic (exact) mass is 459 g/mol. The van der Waals surface area contributed by atoms with Crippen LogP contribution in [0.4, 0.5) is 10.8 Å². The Hall–Kier alpha value is -3.58. The lowest BCUT2D eigenvalue weighted by atomic mass is 10.0. The zero-order chi connectivity index (χ0) is 23.5. The molecule has 2 aromatic carbocycles. The molecule has 0 atom stereocenters. The Balaban J connectivity index is 1.70. The molecule has 2 heterocycles. The summed E-state index contributed by atoms with van der Waals surface area (Å²) in [7, 11) is 0. The van der Waals surface area contributed by atoms with Crippen molar-refractivity contribution in [2.45, 2.75) is 40.5 Å². The number of para-hydroxylation sites is 1. The molecule has 0 spiro atoms. The van der Waals surface area contributed by atoms with Crippen LogP contribution in [0.1, 0.15) is 48.7 Å². The van der Waals surface area contributed by atoms with E-state index in [1.807, 2.05) is 54.8 Å². The van der Waals surface area contributed by atoms with Crippen LogP contribution in [0.5, 0.6) is 0 Å². The summed E-state index contributed by atoms with van der Waals surface area (Å²) in [6, 6.07) is 13.7. The molecule has 33 heavy (non-hydrogen) atoms. The van der Waals surface area contributed by atoms with Crippen LogP contribution in [0.2, 0.25) is 0 Å². The number of nitrogens with zero attached hydrogens (tertiary/aromatic N) is 3. The number of hydrogen-bond acceptors (Lipinski definition) is 6. The summed E-state index contributed by atoms with van der Waals surface area (Å²) in [6.45, 7) is 7.63. The van der Waals surface area contributed by atoms with E-state index in [0.717, 1.165) is 40.8 Å². The number of aromatic nitrogens is 1. The lowest BCUT2D eigenvalue weighted by Crippen LogP contribution is -2.25. The zero-order valence-electron chi connectivity index (χ0n) is 19.1. The fourth-order valence-corrected chi connectivity index (χ4v) is 4.64. The van der Waals surface area contributed by atoms with Crippen molar-refractivity contribution in [3.8, 4) is 0 Å². The maximum absolute atomic E-state index is 12.7. The standard InChI is InChI=1S/C26H25N3O3S/c1-5-18-11-9-12-19(6-2)23(18)29(17(4)30)26-27-20(15-33-26)14-22-25(31)32-24(28-22)21-13-8-7-10-16(21)3/h7-15H,5-6H2,1-4H3/b22-14-. The fourth-order valence-electron chi connectivity index (χ4n) is 3.81. The minimum atomic E-state index is -0.518. The predicted octanol–water partition coefficient (Wildman–Crippen LogP) is 5.61. The van der Waals surface area contributed by atoms with Crippen LogP contribution in [0.3, 0.4) is 0 Å². The first-order chi connectivity index (χ1) is 15.9. The van der Waals surface area contributed by atoms with Crippen molar-refractivity contribution in [1.82, 2.24) is 4.98 Å². The molecule has 4 rings (SSSR count). The van der Waals surface area contributed by atoms with Crippen LogP contribution in [0, 0.1) is 6.92 Å². The number of cyclic esters (lactones) is 1. The normalized spacial score (nSPS) is 14.4. The number of rotatable bonds is 6. The topological polar surface area (TPSA) is 71.9 Å². The first kappa shape index (κ1) is 22.6. The van der Waals surface area contributed by atoms with Crippen molar-refractivity contribution < 1.29 is 14.3 Å². The largest absolute Gasteiger partial charge is 0.402 e. The van der Waals surface area contributed by atoms with Crippen molar-refractivity contribution in [1.29, 1.82) is 0 Å². The molecule has 1 aliphatic rings. The number of carbonyl (C=O) groups is 2. The van der Waals surface area contributed by atoms with Crippen LogP contribution in [0.25, 0.3) is 6.08 Å². The Morgan fingerprint density at radius 3 is 2.42 bits per heavy atom. The number of aliphatic imine (C=N–C) groups is 1. The number of carbonyl (C=O) groups excluding carboxylic acids is 2. The highest BCUT2D eigenvalue weighted by Gasteiger charge is 2.26. The molecule has 0 fully saturated rings. The maximum Gasteiger partial charge on any atom is 0.363 e. The number of anilines is 2. The van der Waals surface area contributed by atoms with Gasteiger partial charge in [-0.15, -0.1) is 11.3 Å². The maximum atomic E-state index is 12.7. The fraction of sp³-hybridized carbons (Fsp3) is 0.231. The molecular weight excluding hydrogens is 434 g/mol.